The lowest BCUT2D eigenvalue weighted by atomic mass is 10.1. The lowest BCUT2D eigenvalue weighted by Gasteiger charge is -2.16. The highest BCUT2D eigenvalue weighted by Crippen LogP contribution is 2.21. The minimum absolute atomic E-state index is 0.0339. The Morgan fingerprint density at radius 1 is 0.900 bits per heavy atom. The third-order valence-electron chi connectivity index (χ3n) is 4.46. The standard InChI is InChI=1S/C22H22FN3O3S/c1-15-14-18(23)10-13-21(15)30(28,29)26-16(2)17-8-11-20(12-9-17)25-22(27)24-19-6-4-3-5-7-19/h3-14,16,26H,1-2H3,(H2,24,25,27). The van der Waals surface area contributed by atoms with E-state index in [-0.39, 0.29) is 10.9 Å². The molecule has 3 aromatic rings. The van der Waals surface area contributed by atoms with Gasteiger partial charge in [0, 0.05) is 17.4 Å². The summed E-state index contributed by atoms with van der Waals surface area (Å²) in [5, 5.41) is 5.44. The smallest absolute Gasteiger partial charge is 0.308 e. The number of rotatable bonds is 6. The van der Waals surface area contributed by atoms with Crippen LogP contribution >= 0.6 is 0 Å². The summed E-state index contributed by atoms with van der Waals surface area (Å²) in [5.74, 6) is -0.487. The highest BCUT2D eigenvalue weighted by Gasteiger charge is 2.20. The minimum Gasteiger partial charge on any atom is -0.308 e. The number of nitrogens with one attached hydrogen (secondary N) is 3. The topological polar surface area (TPSA) is 87.3 Å². The molecule has 6 nitrogen and oxygen atoms in total. The molecule has 0 saturated heterocycles. The number of halogens is 1. The third-order valence-corrected chi connectivity index (χ3v) is 6.16. The van der Waals surface area contributed by atoms with Crippen molar-refractivity contribution in [3.8, 4) is 0 Å². The van der Waals surface area contributed by atoms with Crippen LogP contribution < -0.4 is 15.4 Å². The maximum absolute atomic E-state index is 13.3. The highest BCUT2D eigenvalue weighted by atomic mass is 32.2. The number of anilines is 2. The molecule has 1 unspecified atom stereocenters. The molecule has 3 rings (SSSR count). The van der Waals surface area contributed by atoms with Crippen molar-refractivity contribution in [3.05, 3.63) is 89.7 Å². The van der Waals surface area contributed by atoms with Crippen LogP contribution in [0, 0.1) is 12.7 Å². The average molecular weight is 428 g/mol. The molecule has 30 heavy (non-hydrogen) atoms. The van der Waals surface area contributed by atoms with Gasteiger partial charge in [-0.2, -0.15) is 0 Å². The van der Waals surface area contributed by atoms with Crippen LogP contribution in [0.2, 0.25) is 0 Å². The Kier molecular flexibility index (Phi) is 6.49. The summed E-state index contributed by atoms with van der Waals surface area (Å²) in [6.45, 7) is 3.25. The molecule has 0 spiro atoms. The fourth-order valence-electron chi connectivity index (χ4n) is 2.95. The molecule has 0 bridgehead atoms. The first-order valence-corrected chi connectivity index (χ1v) is 10.7. The fourth-order valence-corrected chi connectivity index (χ4v) is 4.41. The largest absolute Gasteiger partial charge is 0.323 e. The van der Waals surface area contributed by atoms with Crippen LogP contribution in [0.25, 0.3) is 0 Å². The van der Waals surface area contributed by atoms with Gasteiger partial charge in [0.2, 0.25) is 10.0 Å². The molecule has 0 heterocycles. The summed E-state index contributed by atoms with van der Waals surface area (Å²) in [6.07, 6.45) is 0. The van der Waals surface area contributed by atoms with Crippen LogP contribution in [-0.2, 0) is 10.0 Å². The van der Waals surface area contributed by atoms with E-state index in [9.17, 15) is 17.6 Å². The van der Waals surface area contributed by atoms with E-state index in [1.54, 1.807) is 50.2 Å². The number of benzene rings is 3. The fraction of sp³-hybridized carbons (Fsp3) is 0.136. The molecule has 0 aliphatic carbocycles. The van der Waals surface area contributed by atoms with Gasteiger partial charge in [0.1, 0.15) is 5.82 Å². The second-order valence-corrected chi connectivity index (χ2v) is 8.50. The Labute approximate surface area is 175 Å². The van der Waals surface area contributed by atoms with E-state index in [4.69, 9.17) is 0 Å². The summed E-state index contributed by atoms with van der Waals surface area (Å²) < 4.78 is 41.1. The van der Waals surface area contributed by atoms with Gasteiger partial charge < -0.3 is 10.6 Å². The first-order valence-electron chi connectivity index (χ1n) is 9.26. The van der Waals surface area contributed by atoms with Gasteiger partial charge in [0.15, 0.2) is 0 Å². The maximum atomic E-state index is 13.3. The van der Waals surface area contributed by atoms with E-state index in [2.05, 4.69) is 15.4 Å². The highest BCUT2D eigenvalue weighted by molar-refractivity contribution is 7.89. The summed E-state index contributed by atoms with van der Waals surface area (Å²) in [6, 6.07) is 18.5. The molecule has 3 aromatic carbocycles. The molecule has 0 aliphatic rings. The average Bonchev–Trinajstić information content (AvgIpc) is 2.68. The SMILES string of the molecule is Cc1cc(F)ccc1S(=O)(=O)NC(C)c1ccc(NC(=O)Nc2ccccc2)cc1. The van der Waals surface area contributed by atoms with Gasteiger partial charge in [0.05, 0.1) is 4.90 Å². The van der Waals surface area contributed by atoms with Crippen molar-refractivity contribution in [1.29, 1.82) is 0 Å². The predicted octanol–water partition coefficient (Wildman–Crippen LogP) is 4.82. The van der Waals surface area contributed by atoms with Crippen molar-refractivity contribution in [3.63, 3.8) is 0 Å². The summed E-state index contributed by atoms with van der Waals surface area (Å²) in [4.78, 5) is 12.1. The van der Waals surface area contributed by atoms with Crippen LogP contribution in [0.4, 0.5) is 20.6 Å². The quantitative estimate of drug-likeness (QED) is 0.527. The van der Waals surface area contributed by atoms with E-state index in [1.807, 2.05) is 18.2 Å². The lowest BCUT2D eigenvalue weighted by Crippen LogP contribution is -2.27. The molecule has 1 atom stereocenters. The summed E-state index contributed by atoms with van der Waals surface area (Å²) >= 11 is 0. The first-order chi connectivity index (χ1) is 14.2. The number of para-hydroxylation sites is 1. The van der Waals surface area contributed by atoms with E-state index in [0.717, 1.165) is 6.07 Å². The van der Waals surface area contributed by atoms with Crippen molar-refractivity contribution >= 4 is 27.4 Å². The molecular weight excluding hydrogens is 405 g/mol. The van der Waals surface area contributed by atoms with E-state index < -0.39 is 21.9 Å². The van der Waals surface area contributed by atoms with Crippen molar-refractivity contribution in [2.24, 2.45) is 0 Å². The second-order valence-electron chi connectivity index (χ2n) is 6.82. The molecule has 2 amide bonds. The Hall–Kier alpha value is -3.23. The molecule has 0 saturated carbocycles. The number of hydrogen-bond donors (Lipinski definition) is 3. The number of urea groups is 1. The van der Waals surface area contributed by atoms with Crippen LogP contribution in [0.1, 0.15) is 24.1 Å². The van der Waals surface area contributed by atoms with Crippen LogP contribution in [0.15, 0.2) is 77.7 Å². The van der Waals surface area contributed by atoms with Gasteiger partial charge in [-0.25, -0.2) is 22.3 Å². The van der Waals surface area contributed by atoms with E-state index >= 15 is 0 Å². The van der Waals surface area contributed by atoms with Gasteiger partial charge in [-0.05, 0) is 67.4 Å². The first kappa shape index (κ1) is 21.5. The Morgan fingerprint density at radius 2 is 1.50 bits per heavy atom. The molecule has 0 fully saturated rings. The lowest BCUT2D eigenvalue weighted by molar-refractivity contribution is 0.262. The van der Waals surface area contributed by atoms with Gasteiger partial charge in [-0.15, -0.1) is 0 Å². The third kappa shape index (κ3) is 5.43. The van der Waals surface area contributed by atoms with Gasteiger partial charge >= 0.3 is 6.03 Å². The van der Waals surface area contributed by atoms with Gasteiger partial charge in [-0.3, -0.25) is 0 Å². The van der Waals surface area contributed by atoms with Crippen molar-refractivity contribution in [1.82, 2.24) is 4.72 Å². The summed E-state index contributed by atoms with van der Waals surface area (Å²) in [5.41, 5.74) is 2.29. The van der Waals surface area contributed by atoms with Crippen molar-refractivity contribution in [2.45, 2.75) is 24.8 Å². The van der Waals surface area contributed by atoms with Crippen LogP contribution in [-0.4, -0.2) is 14.4 Å². The maximum Gasteiger partial charge on any atom is 0.323 e. The number of carbonyl (C=O) groups excluding carboxylic acids is 1. The number of amides is 2. The van der Waals surface area contributed by atoms with Crippen LogP contribution in [0.3, 0.4) is 0 Å². The van der Waals surface area contributed by atoms with Crippen molar-refractivity contribution in [2.75, 3.05) is 10.6 Å². The number of aryl methyl sites for hydroxylation is 1. The Morgan fingerprint density at radius 3 is 2.10 bits per heavy atom. The number of sulfonamides is 1. The van der Waals surface area contributed by atoms with E-state index in [0.29, 0.717) is 22.5 Å². The Bertz CT molecular complexity index is 1130. The predicted molar refractivity (Wildman–Crippen MR) is 115 cm³/mol. The van der Waals surface area contributed by atoms with E-state index in [1.165, 1.54) is 12.1 Å². The molecule has 0 radical (unpaired) electrons. The van der Waals surface area contributed by atoms with Gasteiger partial charge in [0.25, 0.3) is 0 Å². The molecule has 156 valence electrons. The number of carbonyl (C=O) groups is 1. The van der Waals surface area contributed by atoms with Crippen molar-refractivity contribution < 1.29 is 17.6 Å². The zero-order valence-corrected chi connectivity index (χ0v) is 17.3. The summed E-state index contributed by atoms with van der Waals surface area (Å²) in [7, 11) is -3.82. The van der Waals surface area contributed by atoms with Crippen LogP contribution in [0.5, 0.6) is 0 Å². The Balaban J connectivity index is 1.64. The molecule has 0 aliphatic heterocycles. The second kappa shape index (κ2) is 9.06. The zero-order valence-electron chi connectivity index (χ0n) is 16.5. The zero-order chi connectivity index (χ0) is 21.7. The molecule has 3 N–H and O–H groups in total. The normalized spacial score (nSPS) is 12.2. The number of hydrogen-bond acceptors (Lipinski definition) is 3. The molecule has 8 heteroatoms. The van der Waals surface area contributed by atoms with Gasteiger partial charge in [-0.1, -0.05) is 30.3 Å². The monoisotopic (exact) mass is 427 g/mol. The minimum atomic E-state index is -3.82. The molecule has 0 aromatic heterocycles. The molecular formula is C22H22FN3O3S.